The Labute approximate surface area is 187 Å². The maximum absolute atomic E-state index is 13.3. The minimum atomic E-state index is -5.07. The van der Waals surface area contributed by atoms with Gasteiger partial charge in [-0.15, -0.1) is 0 Å². The molecule has 2 atom stereocenters. The summed E-state index contributed by atoms with van der Waals surface area (Å²) in [5, 5.41) is 2.07. The van der Waals surface area contributed by atoms with Crippen molar-refractivity contribution in [2.24, 2.45) is 0 Å². The molecule has 0 radical (unpaired) electrons. The molecule has 0 saturated carbocycles. The summed E-state index contributed by atoms with van der Waals surface area (Å²) in [6.07, 6.45) is -0.646. The zero-order valence-corrected chi connectivity index (χ0v) is 19.3. The first kappa shape index (κ1) is 29.4. The molecule has 1 aromatic rings. The molecule has 0 bridgehead atoms. The van der Waals surface area contributed by atoms with Crippen molar-refractivity contribution in [2.45, 2.75) is 21.9 Å². The van der Waals surface area contributed by atoms with E-state index < -0.39 is 47.2 Å². The molecule has 9 nitrogen and oxygen atoms in total. The van der Waals surface area contributed by atoms with E-state index in [1.165, 1.54) is 12.1 Å². The molecule has 1 aromatic carbocycles. The number of benzene rings is 1. The predicted octanol–water partition coefficient (Wildman–Crippen LogP) is -1.67. The van der Waals surface area contributed by atoms with Crippen LogP contribution in [0.2, 0.25) is 0 Å². The summed E-state index contributed by atoms with van der Waals surface area (Å²) in [6.45, 7) is -1.26. The third-order valence-electron chi connectivity index (χ3n) is 2.95. The van der Waals surface area contributed by atoms with Crippen molar-refractivity contribution < 1.29 is 71.5 Å². The molecule has 1 amide bonds. The van der Waals surface area contributed by atoms with E-state index in [-0.39, 0.29) is 45.5 Å². The number of carbonyl (C=O) groups excluding carboxylic acids is 1. The van der Waals surface area contributed by atoms with E-state index in [2.05, 4.69) is 9.84 Å². The molecular formula is C12H16Cl2FNNaO8PS. The molecule has 0 spiro atoms. The molecule has 15 heteroatoms. The van der Waals surface area contributed by atoms with Crippen molar-refractivity contribution in [3.05, 3.63) is 29.8 Å². The van der Waals surface area contributed by atoms with Crippen molar-refractivity contribution in [3.8, 4) is 0 Å². The predicted molar refractivity (Wildman–Crippen MR) is 90.8 cm³/mol. The Morgan fingerprint density at radius 1 is 1.30 bits per heavy atom. The summed E-state index contributed by atoms with van der Waals surface area (Å²) in [7, 11) is -8.58. The molecule has 0 aliphatic rings. The summed E-state index contributed by atoms with van der Waals surface area (Å²) in [5.41, 5.74) is 0.0272. The fourth-order valence-corrected chi connectivity index (χ4v) is 3.18. The number of halogens is 3. The van der Waals surface area contributed by atoms with Gasteiger partial charge in [-0.3, -0.25) is 9.32 Å². The van der Waals surface area contributed by atoms with Crippen LogP contribution in [0.3, 0.4) is 0 Å². The molecule has 1 rings (SSSR count). The van der Waals surface area contributed by atoms with Gasteiger partial charge in [0.25, 0.3) is 5.91 Å². The van der Waals surface area contributed by atoms with E-state index in [0.717, 1.165) is 18.4 Å². The fraction of sp³-hybridized carbons (Fsp3) is 0.417. The summed E-state index contributed by atoms with van der Waals surface area (Å²) in [5.74, 6) is -0.988. The molecule has 4 N–H and O–H groups in total. The van der Waals surface area contributed by atoms with Gasteiger partial charge in [0.15, 0.2) is 14.7 Å². The Morgan fingerprint density at radius 3 is 2.11 bits per heavy atom. The van der Waals surface area contributed by atoms with E-state index >= 15 is 0 Å². The maximum atomic E-state index is 13.3. The summed E-state index contributed by atoms with van der Waals surface area (Å²) < 4.78 is 52.0. The topological polar surface area (TPSA) is 160 Å². The van der Waals surface area contributed by atoms with Crippen LogP contribution in [-0.2, 0) is 23.7 Å². The second kappa shape index (κ2) is 12.0. The molecule has 0 saturated heterocycles. The van der Waals surface area contributed by atoms with Crippen molar-refractivity contribution in [1.82, 2.24) is 5.32 Å². The van der Waals surface area contributed by atoms with Crippen molar-refractivity contribution in [3.63, 3.8) is 0 Å². The molecule has 0 heterocycles. The molecular weight excluding hydrogens is 462 g/mol. The third-order valence-corrected chi connectivity index (χ3v) is 4.97. The van der Waals surface area contributed by atoms with E-state index in [9.17, 15) is 22.2 Å². The number of phosphoric ester groups is 1. The summed E-state index contributed by atoms with van der Waals surface area (Å²) >= 11 is 10.7. The second-order valence-electron chi connectivity index (χ2n) is 4.93. The smallest absolute Gasteiger partial charge is 0.870 e. The number of nitrogens with one attached hydrogen (secondary N) is 1. The number of alkyl halides is 3. The van der Waals surface area contributed by atoms with E-state index in [4.69, 9.17) is 33.0 Å². The largest absolute Gasteiger partial charge is 1.00 e. The van der Waals surface area contributed by atoms with Gasteiger partial charge < -0.3 is 20.6 Å². The van der Waals surface area contributed by atoms with Crippen LogP contribution >= 0.6 is 31.0 Å². The van der Waals surface area contributed by atoms with Crippen molar-refractivity contribution in [1.29, 1.82) is 0 Å². The molecule has 150 valence electrons. The number of hydrogen-bond acceptors (Lipinski definition) is 6. The van der Waals surface area contributed by atoms with Gasteiger partial charge in [0.1, 0.15) is 12.8 Å². The monoisotopic (exact) mass is 477 g/mol. The van der Waals surface area contributed by atoms with Gasteiger partial charge in [0.05, 0.1) is 10.9 Å². The average Bonchev–Trinajstić information content (AvgIpc) is 2.48. The Bertz CT molecular complexity index is 761. The van der Waals surface area contributed by atoms with E-state index in [1.54, 1.807) is 0 Å². The number of rotatable bonds is 8. The minimum absolute atomic E-state index is 0. The Kier molecular flexibility index (Phi) is 13.1. The van der Waals surface area contributed by atoms with Gasteiger partial charge in [0, 0.05) is 6.26 Å². The summed E-state index contributed by atoms with van der Waals surface area (Å²) in [4.78, 5) is 28.0. The van der Waals surface area contributed by atoms with Gasteiger partial charge in [-0.1, -0.05) is 35.3 Å². The Morgan fingerprint density at radius 2 is 1.78 bits per heavy atom. The molecule has 0 aliphatic heterocycles. The van der Waals surface area contributed by atoms with Crippen LogP contribution < -0.4 is 34.9 Å². The minimum Gasteiger partial charge on any atom is -0.870 e. The van der Waals surface area contributed by atoms with Gasteiger partial charge in [-0.2, -0.15) is 0 Å². The van der Waals surface area contributed by atoms with Crippen LogP contribution in [0.1, 0.15) is 11.7 Å². The van der Waals surface area contributed by atoms with Gasteiger partial charge >= 0.3 is 37.4 Å². The van der Waals surface area contributed by atoms with Crippen LogP contribution in [0.4, 0.5) is 4.39 Å². The van der Waals surface area contributed by atoms with E-state index in [1.807, 2.05) is 0 Å². The quantitative estimate of drug-likeness (QED) is 0.227. The number of carbonyl (C=O) groups is 1. The van der Waals surface area contributed by atoms with Gasteiger partial charge in [-0.25, -0.2) is 17.4 Å². The average molecular weight is 478 g/mol. The SMILES string of the molecule is CS(=O)(=O)c1ccc([C@@H](OP(=O)(O)O)[C@@H](CF)NC(=O)C(Cl)Cl)cc1.[Na+].[OH-]. The first-order chi connectivity index (χ1) is 11.3. The van der Waals surface area contributed by atoms with Crippen LogP contribution in [0.15, 0.2) is 29.2 Å². The fourth-order valence-electron chi connectivity index (χ4n) is 1.86. The van der Waals surface area contributed by atoms with Crippen LogP contribution in [-0.4, -0.2) is 53.4 Å². The van der Waals surface area contributed by atoms with Gasteiger partial charge in [0.2, 0.25) is 0 Å². The standard InChI is InChI=1S/C12H15Cl2FNO7PS.Na.H2O/c1-25(21,22)8-4-2-7(3-5-8)10(23-24(18,19)20)9(6-15)16-12(17)11(13)14;;/h2-5,9-11H,6H2,1H3,(H,16,17)(H2,18,19,20);;1H2/q;+1;/p-1/t9-,10-;;/m1../s1. The van der Waals surface area contributed by atoms with Gasteiger partial charge in [-0.05, 0) is 17.7 Å². The first-order valence-electron chi connectivity index (χ1n) is 6.53. The number of sulfone groups is 1. The summed E-state index contributed by atoms with van der Waals surface area (Å²) in [6, 6.07) is 3.16. The third kappa shape index (κ3) is 10.00. The van der Waals surface area contributed by atoms with Crippen LogP contribution in [0.5, 0.6) is 0 Å². The normalized spacial score (nSPS) is 13.9. The van der Waals surface area contributed by atoms with Crippen LogP contribution in [0, 0.1) is 0 Å². The number of hydrogen-bond donors (Lipinski definition) is 3. The zero-order chi connectivity index (χ0) is 19.4. The van der Waals surface area contributed by atoms with E-state index in [0.29, 0.717) is 0 Å². The van der Waals surface area contributed by atoms with Crippen molar-refractivity contribution >= 4 is 46.8 Å². The molecule has 0 aromatic heterocycles. The van der Waals surface area contributed by atoms with Crippen molar-refractivity contribution in [2.75, 3.05) is 12.9 Å². The molecule has 0 fully saturated rings. The number of amides is 1. The number of phosphoric acid groups is 1. The maximum Gasteiger partial charge on any atom is 1.00 e. The second-order valence-corrected chi connectivity index (χ2v) is 9.23. The van der Waals surface area contributed by atoms with Crippen LogP contribution in [0.25, 0.3) is 0 Å². The zero-order valence-electron chi connectivity index (χ0n) is 14.1. The first-order valence-corrected chi connectivity index (χ1v) is 10.8. The molecule has 27 heavy (non-hydrogen) atoms. The Balaban J connectivity index is 0. The molecule has 0 aliphatic carbocycles. The molecule has 0 unspecified atom stereocenters. The Hall–Kier alpha value is 0.220.